The molecule has 1 aromatic carbocycles. The van der Waals surface area contributed by atoms with Crippen LogP contribution in [0.2, 0.25) is 10.0 Å². The van der Waals surface area contributed by atoms with Gasteiger partial charge in [0.05, 0.1) is 16.2 Å². The minimum absolute atomic E-state index is 0.00487. The predicted molar refractivity (Wildman–Crippen MR) is 127 cm³/mol. The Morgan fingerprint density at radius 3 is 2.28 bits per heavy atom. The summed E-state index contributed by atoms with van der Waals surface area (Å²) in [7, 11) is -2.26. The highest BCUT2D eigenvalue weighted by atomic mass is 35.5. The number of hydrogen-bond acceptors (Lipinski definition) is 6. The molecule has 2 aliphatic rings. The van der Waals surface area contributed by atoms with Crippen LogP contribution < -0.4 is 0 Å². The molecule has 0 N–H and O–H groups in total. The molecule has 0 amide bonds. The number of ketones is 1. The van der Waals surface area contributed by atoms with Gasteiger partial charge in [-0.2, -0.15) is 4.31 Å². The van der Waals surface area contributed by atoms with E-state index in [1.165, 1.54) is 21.3 Å². The first kappa shape index (κ1) is 27.3. The standard InChI is InChI=1S/C22H26Cl2F3N5O3S/c1-30-14-20(28-29-30)36(34,35)32-10-8-31(9-11-32)21(4-6-22(26,27)7-5-21)3-2-19(33)15-12-18(25)17(24)13-16(15)23/h12-14H,2-11H2,1H3. The van der Waals surface area contributed by atoms with Crippen molar-refractivity contribution in [2.24, 2.45) is 7.05 Å². The van der Waals surface area contributed by atoms with E-state index < -0.39 is 33.1 Å². The van der Waals surface area contributed by atoms with E-state index in [4.69, 9.17) is 23.2 Å². The van der Waals surface area contributed by atoms with Crippen LogP contribution in [0.3, 0.4) is 0 Å². The van der Waals surface area contributed by atoms with Crippen LogP contribution >= 0.6 is 23.2 Å². The summed E-state index contributed by atoms with van der Waals surface area (Å²) in [5.74, 6) is -3.96. The van der Waals surface area contributed by atoms with E-state index >= 15 is 0 Å². The Labute approximate surface area is 217 Å². The Balaban J connectivity index is 1.49. The summed E-state index contributed by atoms with van der Waals surface area (Å²) >= 11 is 11.8. The van der Waals surface area contributed by atoms with Gasteiger partial charge < -0.3 is 0 Å². The summed E-state index contributed by atoms with van der Waals surface area (Å²) in [6.07, 6.45) is 1.23. The molecule has 0 spiro atoms. The highest BCUT2D eigenvalue weighted by molar-refractivity contribution is 7.89. The number of halogens is 5. The van der Waals surface area contributed by atoms with Crippen molar-refractivity contribution >= 4 is 39.0 Å². The lowest BCUT2D eigenvalue weighted by molar-refractivity contribution is -0.0891. The fraction of sp³-hybridized carbons (Fsp3) is 0.591. The number of carbonyl (C=O) groups is 1. The predicted octanol–water partition coefficient (Wildman–Crippen LogP) is 4.18. The molecule has 0 unspecified atom stereocenters. The fourth-order valence-electron chi connectivity index (χ4n) is 5.00. The molecule has 0 radical (unpaired) electrons. The van der Waals surface area contributed by atoms with Crippen LogP contribution in [0.15, 0.2) is 23.4 Å². The van der Waals surface area contributed by atoms with Gasteiger partial charge in [0.1, 0.15) is 5.82 Å². The van der Waals surface area contributed by atoms with Gasteiger partial charge in [0, 0.05) is 63.6 Å². The van der Waals surface area contributed by atoms with E-state index in [1.807, 2.05) is 4.90 Å². The molecule has 198 valence electrons. The molecule has 1 aromatic heterocycles. The Kier molecular flexibility index (Phi) is 7.74. The molecule has 1 aliphatic carbocycles. The van der Waals surface area contributed by atoms with Crippen molar-refractivity contribution < 1.29 is 26.4 Å². The molecule has 4 rings (SSSR count). The van der Waals surface area contributed by atoms with Gasteiger partial charge in [0.25, 0.3) is 10.0 Å². The van der Waals surface area contributed by atoms with Crippen molar-refractivity contribution in [3.63, 3.8) is 0 Å². The average Bonchev–Trinajstić information content (AvgIpc) is 3.28. The van der Waals surface area contributed by atoms with Gasteiger partial charge in [-0.05, 0) is 31.4 Å². The van der Waals surface area contributed by atoms with E-state index in [0.29, 0.717) is 13.1 Å². The van der Waals surface area contributed by atoms with Crippen molar-refractivity contribution in [2.75, 3.05) is 26.2 Å². The zero-order valence-corrected chi connectivity index (χ0v) is 21.9. The second-order valence-corrected chi connectivity index (χ2v) is 12.1. The number of carbonyl (C=O) groups excluding carboxylic acids is 1. The fourth-order valence-corrected chi connectivity index (χ4v) is 6.82. The Morgan fingerprint density at radius 1 is 1.06 bits per heavy atom. The topological polar surface area (TPSA) is 88.4 Å². The van der Waals surface area contributed by atoms with E-state index in [9.17, 15) is 26.4 Å². The number of sulfonamides is 1. The molecule has 2 heterocycles. The van der Waals surface area contributed by atoms with Crippen molar-refractivity contribution in [2.45, 2.75) is 55.0 Å². The van der Waals surface area contributed by atoms with E-state index in [2.05, 4.69) is 10.3 Å². The second-order valence-electron chi connectivity index (χ2n) is 9.37. The molecular weight excluding hydrogens is 542 g/mol. The zero-order valence-electron chi connectivity index (χ0n) is 19.6. The van der Waals surface area contributed by atoms with Crippen molar-refractivity contribution in [1.29, 1.82) is 0 Å². The quantitative estimate of drug-likeness (QED) is 0.368. The van der Waals surface area contributed by atoms with Crippen LogP contribution in [0.25, 0.3) is 0 Å². The van der Waals surface area contributed by atoms with E-state index in [0.717, 1.165) is 6.07 Å². The highest BCUT2D eigenvalue weighted by Gasteiger charge is 2.47. The molecule has 1 saturated carbocycles. The third-order valence-corrected chi connectivity index (χ3v) is 9.50. The molecule has 1 saturated heterocycles. The monoisotopic (exact) mass is 567 g/mol. The summed E-state index contributed by atoms with van der Waals surface area (Å²) in [6.45, 7) is 0.934. The van der Waals surface area contributed by atoms with Crippen LogP contribution in [0.5, 0.6) is 0 Å². The van der Waals surface area contributed by atoms with Crippen molar-refractivity contribution in [3.05, 3.63) is 39.8 Å². The number of rotatable bonds is 7. The Morgan fingerprint density at radius 2 is 1.69 bits per heavy atom. The summed E-state index contributed by atoms with van der Waals surface area (Å²) < 4.78 is 70.5. The van der Waals surface area contributed by atoms with Gasteiger partial charge in [-0.25, -0.2) is 21.6 Å². The first-order chi connectivity index (χ1) is 16.8. The van der Waals surface area contributed by atoms with Gasteiger partial charge in [0.15, 0.2) is 5.78 Å². The third-order valence-electron chi connectivity index (χ3n) is 7.14. The van der Waals surface area contributed by atoms with Crippen LogP contribution in [-0.2, 0) is 17.1 Å². The molecule has 14 heteroatoms. The first-order valence-electron chi connectivity index (χ1n) is 11.5. The highest BCUT2D eigenvalue weighted by Crippen LogP contribution is 2.44. The smallest absolute Gasteiger partial charge is 0.264 e. The summed E-state index contributed by atoms with van der Waals surface area (Å²) in [6, 6.07) is 2.16. The molecule has 1 aliphatic heterocycles. The summed E-state index contributed by atoms with van der Waals surface area (Å²) in [5, 5.41) is 7.06. The number of alkyl halides is 2. The summed E-state index contributed by atoms with van der Waals surface area (Å²) in [4.78, 5) is 14.9. The molecule has 2 aromatic rings. The number of aromatic nitrogens is 3. The molecule has 0 atom stereocenters. The number of nitrogens with zero attached hydrogens (tertiary/aromatic N) is 5. The van der Waals surface area contributed by atoms with Gasteiger partial charge in [-0.1, -0.05) is 28.4 Å². The lowest BCUT2D eigenvalue weighted by Crippen LogP contribution is -2.59. The van der Waals surface area contributed by atoms with Crippen molar-refractivity contribution in [3.8, 4) is 0 Å². The molecular formula is C22H26Cl2F3N5O3S. The van der Waals surface area contributed by atoms with Crippen LogP contribution in [0.4, 0.5) is 13.2 Å². The Bertz CT molecular complexity index is 1240. The van der Waals surface area contributed by atoms with Crippen LogP contribution in [-0.4, -0.2) is 76.0 Å². The number of benzene rings is 1. The van der Waals surface area contributed by atoms with Gasteiger partial charge >= 0.3 is 0 Å². The normalized spacial score (nSPS) is 20.9. The van der Waals surface area contributed by atoms with Crippen molar-refractivity contribution in [1.82, 2.24) is 24.2 Å². The van der Waals surface area contributed by atoms with E-state index in [1.54, 1.807) is 7.05 Å². The minimum atomic E-state index is -3.83. The number of hydrogen-bond donors (Lipinski definition) is 0. The second kappa shape index (κ2) is 10.2. The Hall–Kier alpha value is -1.73. The number of aryl methyl sites for hydroxylation is 1. The maximum atomic E-state index is 14.1. The third kappa shape index (κ3) is 5.57. The van der Waals surface area contributed by atoms with Crippen LogP contribution in [0.1, 0.15) is 48.9 Å². The molecule has 0 bridgehead atoms. The van der Waals surface area contributed by atoms with Gasteiger partial charge in [-0.15, -0.1) is 5.10 Å². The largest absolute Gasteiger partial charge is 0.295 e. The summed E-state index contributed by atoms with van der Waals surface area (Å²) in [5.41, 5.74) is -0.716. The zero-order chi connectivity index (χ0) is 26.3. The molecule has 2 fully saturated rings. The van der Waals surface area contributed by atoms with Gasteiger partial charge in [-0.3, -0.25) is 14.4 Å². The maximum Gasteiger partial charge on any atom is 0.264 e. The lowest BCUT2D eigenvalue weighted by atomic mass is 9.74. The van der Waals surface area contributed by atoms with E-state index in [-0.39, 0.29) is 72.2 Å². The lowest BCUT2D eigenvalue weighted by Gasteiger charge is -2.50. The molecule has 8 nitrogen and oxygen atoms in total. The van der Waals surface area contributed by atoms with Gasteiger partial charge in [0.2, 0.25) is 10.9 Å². The average molecular weight is 568 g/mol. The maximum absolute atomic E-state index is 14.1. The number of Topliss-reactive ketones (excluding diaryl/α,β-unsaturated/α-hetero) is 1. The SMILES string of the molecule is Cn1cc(S(=O)(=O)N2CCN(C3(CCC(=O)c4cc(F)c(Cl)cc4Cl)CCC(F)(F)CC3)CC2)nn1. The van der Waals surface area contributed by atoms with Crippen LogP contribution in [0, 0.1) is 5.82 Å². The minimum Gasteiger partial charge on any atom is -0.295 e. The number of piperazine rings is 1. The first-order valence-corrected chi connectivity index (χ1v) is 13.7. The molecule has 36 heavy (non-hydrogen) atoms.